The second-order valence-corrected chi connectivity index (χ2v) is 7.66. The van der Waals surface area contributed by atoms with Crippen LogP contribution in [-0.2, 0) is 11.2 Å². The molecule has 0 bridgehead atoms. The number of aromatic nitrogens is 1. The van der Waals surface area contributed by atoms with Crippen LogP contribution in [0.2, 0.25) is 0 Å². The summed E-state index contributed by atoms with van der Waals surface area (Å²) in [6.07, 6.45) is 9.53. The van der Waals surface area contributed by atoms with Crippen LogP contribution in [0.4, 0.5) is 0 Å². The SMILES string of the molecule is CN(C)C1CCC(CNC(=O)CCCc2c[nH]c3ccccc23)CC1. The number of rotatable bonds is 7. The van der Waals surface area contributed by atoms with Crippen molar-refractivity contribution >= 4 is 16.8 Å². The van der Waals surface area contributed by atoms with Crippen LogP contribution in [0, 0.1) is 5.92 Å². The molecule has 25 heavy (non-hydrogen) atoms. The Morgan fingerprint density at radius 2 is 1.96 bits per heavy atom. The highest BCUT2D eigenvalue weighted by Crippen LogP contribution is 2.26. The summed E-state index contributed by atoms with van der Waals surface area (Å²) in [6, 6.07) is 9.07. The van der Waals surface area contributed by atoms with Crippen LogP contribution < -0.4 is 5.32 Å². The lowest BCUT2D eigenvalue weighted by Crippen LogP contribution is -2.36. The van der Waals surface area contributed by atoms with Gasteiger partial charge in [-0.15, -0.1) is 0 Å². The minimum atomic E-state index is 0.203. The zero-order valence-electron chi connectivity index (χ0n) is 15.6. The Bertz CT molecular complexity index is 683. The molecule has 4 heteroatoms. The van der Waals surface area contributed by atoms with Gasteiger partial charge in [-0.3, -0.25) is 4.79 Å². The van der Waals surface area contributed by atoms with Crippen LogP contribution in [0.1, 0.15) is 44.1 Å². The zero-order valence-corrected chi connectivity index (χ0v) is 15.6. The highest BCUT2D eigenvalue weighted by Gasteiger charge is 2.22. The molecule has 0 radical (unpaired) electrons. The van der Waals surface area contributed by atoms with Gasteiger partial charge in [-0.25, -0.2) is 0 Å². The van der Waals surface area contributed by atoms with Crippen LogP contribution in [-0.4, -0.2) is 42.5 Å². The molecule has 2 N–H and O–H groups in total. The van der Waals surface area contributed by atoms with E-state index in [-0.39, 0.29) is 5.91 Å². The van der Waals surface area contributed by atoms with Crippen molar-refractivity contribution in [1.82, 2.24) is 15.2 Å². The highest BCUT2D eigenvalue weighted by molar-refractivity contribution is 5.83. The Hall–Kier alpha value is -1.81. The Morgan fingerprint density at radius 1 is 1.20 bits per heavy atom. The lowest BCUT2D eigenvalue weighted by Gasteiger charge is -2.32. The fraction of sp³-hybridized carbons (Fsp3) is 0.571. The van der Waals surface area contributed by atoms with E-state index in [0.717, 1.165) is 25.4 Å². The summed E-state index contributed by atoms with van der Waals surface area (Å²) >= 11 is 0. The Morgan fingerprint density at radius 3 is 2.72 bits per heavy atom. The molecule has 0 spiro atoms. The third-order valence-electron chi connectivity index (χ3n) is 5.66. The van der Waals surface area contributed by atoms with Gasteiger partial charge in [0.05, 0.1) is 0 Å². The van der Waals surface area contributed by atoms with Crippen LogP contribution in [0.3, 0.4) is 0 Å². The maximum Gasteiger partial charge on any atom is 0.220 e. The molecule has 1 amide bonds. The highest BCUT2D eigenvalue weighted by atomic mass is 16.1. The van der Waals surface area contributed by atoms with Gasteiger partial charge in [0.2, 0.25) is 5.91 Å². The second kappa shape index (κ2) is 8.52. The smallest absolute Gasteiger partial charge is 0.220 e. The lowest BCUT2D eigenvalue weighted by molar-refractivity contribution is -0.121. The fourth-order valence-electron chi connectivity index (χ4n) is 3.99. The number of amides is 1. The van der Waals surface area contributed by atoms with Crippen molar-refractivity contribution in [1.29, 1.82) is 0 Å². The van der Waals surface area contributed by atoms with Gasteiger partial charge < -0.3 is 15.2 Å². The normalized spacial score (nSPS) is 20.9. The molecule has 1 aliphatic carbocycles. The van der Waals surface area contributed by atoms with Crippen LogP contribution in [0.25, 0.3) is 10.9 Å². The van der Waals surface area contributed by atoms with Crippen molar-refractivity contribution in [3.8, 4) is 0 Å². The molecular formula is C21H31N3O. The number of H-pyrrole nitrogens is 1. The van der Waals surface area contributed by atoms with Gasteiger partial charge in [0.25, 0.3) is 0 Å². The average Bonchev–Trinajstić information content (AvgIpc) is 3.04. The van der Waals surface area contributed by atoms with E-state index in [0.29, 0.717) is 12.3 Å². The molecule has 1 heterocycles. The van der Waals surface area contributed by atoms with Crippen molar-refractivity contribution < 1.29 is 4.79 Å². The van der Waals surface area contributed by atoms with Gasteiger partial charge in [-0.05, 0) is 70.2 Å². The topological polar surface area (TPSA) is 48.1 Å². The summed E-state index contributed by atoms with van der Waals surface area (Å²) in [5.41, 5.74) is 2.49. The van der Waals surface area contributed by atoms with E-state index in [1.165, 1.54) is 42.1 Å². The maximum atomic E-state index is 12.1. The summed E-state index contributed by atoms with van der Waals surface area (Å²) in [5, 5.41) is 4.43. The molecule has 1 aromatic carbocycles. The minimum absolute atomic E-state index is 0.203. The van der Waals surface area contributed by atoms with E-state index in [9.17, 15) is 4.79 Å². The molecule has 3 rings (SSSR count). The standard InChI is InChI=1S/C21H31N3O/c1-24(2)18-12-10-16(11-13-18)14-23-21(25)9-5-6-17-15-22-20-8-4-3-7-19(17)20/h3-4,7-8,15-16,18,22H,5-6,9-14H2,1-2H3,(H,23,25). The fourth-order valence-corrected chi connectivity index (χ4v) is 3.99. The molecule has 0 unspecified atom stereocenters. The van der Waals surface area contributed by atoms with Crippen molar-refractivity contribution in [2.24, 2.45) is 5.92 Å². The van der Waals surface area contributed by atoms with E-state index < -0.39 is 0 Å². The summed E-state index contributed by atoms with van der Waals surface area (Å²) < 4.78 is 0. The number of hydrogen-bond donors (Lipinski definition) is 2. The molecular weight excluding hydrogens is 310 g/mol. The number of aryl methyl sites for hydroxylation is 1. The first kappa shape index (κ1) is 18.0. The van der Waals surface area contributed by atoms with Gasteiger partial charge in [0.15, 0.2) is 0 Å². The number of nitrogens with zero attached hydrogens (tertiary/aromatic N) is 1. The number of nitrogens with one attached hydrogen (secondary N) is 2. The monoisotopic (exact) mass is 341 g/mol. The van der Waals surface area contributed by atoms with E-state index >= 15 is 0 Å². The molecule has 1 aliphatic rings. The van der Waals surface area contributed by atoms with Crippen molar-refractivity contribution in [3.63, 3.8) is 0 Å². The molecule has 1 fully saturated rings. The summed E-state index contributed by atoms with van der Waals surface area (Å²) in [6.45, 7) is 0.853. The van der Waals surface area contributed by atoms with E-state index in [1.807, 2.05) is 6.07 Å². The molecule has 0 saturated heterocycles. The number of fused-ring (bicyclic) bond motifs is 1. The first-order valence-corrected chi connectivity index (χ1v) is 9.61. The molecule has 1 aromatic heterocycles. The van der Waals surface area contributed by atoms with Gasteiger partial charge >= 0.3 is 0 Å². The van der Waals surface area contributed by atoms with Crippen molar-refractivity contribution in [2.75, 3.05) is 20.6 Å². The number of benzene rings is 1. The number of para-hydroxylation sites is 1. The first-order valence-electron chi connectivity index (χ1n) is 9.61. The average molecular weight is 341 g/mol. The van der Waals surface area contributed by atoms with E-state index in [4.69, 9.17) is 0 Å². The lowest BCUT2D eigenvalue weighted by atomic mass is 9.85. The third kappa shape index (κ3) is 4.85. The second-order valence-electron chi connectivity index (χ2n) is 7.66. The molecule has 0 atom stereocenters. The molecule has 136 valence electrons. The largest absolute Gasteiger partial charge is 0.361 e. The minimum Gasteiger partial charge on any atom is -0.361 e. The predicted octanol–water partition coefficient (Wildman–Crippen LogP) is 3.73. The predicted molar refractivity (Wildman–Crippen MR) is 104 cm³/mol. The number of aromatic amines is 1. The van der Waals surface area contributed by atoms with Gasteiger partial charge in [-0.2, -0.15) is 0 Å². The number of carbonyl (C=O) groups is 1. The van der Waals surface area contributed by atoms with E-state index in [1.54, 1.807) is 0 Å². The molecule has 2 aromatic rings. The van der Waals surface area contributed by atoms with E-state index in [2.05, 4.69) is 53.7 Å². The van der Waals surface area contributed by atoms with Gasteiger partial charge in [0, 0.05) is 36.1 Å². The quantitative estimate of drug-likeness (QED) is 0.806. The van der Waals surface area contributed by atoms with Crippen LogP contribution in [0.5, 0.6) is 0 Å². The zero-order chi connectivity index (χ0) is 17.6. The maximum absolute atomic E-state index is 12.1. The summed E-state index contributed by atoms with van der Waals surface area (Å²) in [4.78, 5) is 17.8. The number of hydrogen-bond acceptors (Lipinski definition) is 2. The Kier molecular flexibility index (Phi) is 6.14. The molecule has 0 aliphatic heterocycles. The van der Waals surface area contributed by atoms with Gasteiger partial charge in [0.1, 0.15) is 0 Å². The Balaban J connectivity index is 1.35. The molecule has 4 nitrogen and oxygen atoms in total. The Labute approximate surface area is 151 Å². The van der Waals surface area contributed by atoms with Crippen molar-refractivity contribution in [2.45, 2.75) is 51.0 Å². The number of carbonyl (C=O) groups excluding carboxylic acids is 1. The third-order valence-corrected chi connectivity index (χ3v) is 5.66. The molecule has 1 saturated carbocycles. The van der Waals surface area contributed by atoms with Crippen LogP contribution in [0.15, 0.2) is 30.5 Å². The van der Waals surface area contributed by atoms with Crippen LogP contribution >= 0.6 is 0 Å². The summed E-state index contributed by atoms with van der Waals surface area (Å²) in [7, 11) is 4.33. The van der Waals surface area contributed by atoms with Gasteiger partial charge in [-0.1, -0.05) is 18.2 Å². The first-order chi connectivity index (χ1) is 12.1. The van der Waals surface area contributed by atoms with Crippen molar-refractivity contribution in [3.05, 3.63) is 36.0 Å². The summed E-state index contributed by atoms with van der Waals surface area (Å²) in [5.74, 6) is 0.864.